The number of fused-ring (bicyclic) bond motifs is 6. The first-order valence-electron chi connectivity index (χ1n) is 11.5. The highest BCUT2D eigenvalue weighted by Crippen LogP contribution is 2.34. The lowest BCUT2D eigenvalue weighted by molar-refractivity contribution is 0.796. The Morgan fingerprint density at radius 3 is 2.26 bits per heavy atom. The van der Waals surface area contributed by atoms with Crippen molar-refractivity contribution in [2.45, 2.75) is 13.5 Å². The van der Waals surface area contributed by atoms with Crippen LogP contribution < -0.4 is 0 Å². The summed E-state index contributed by atoms with van der Waals surface area (Å²) < 4.78 is 4.40. The van der Waals surface area contributed by atoms with Crippen LogP contribution in [-0.2, 0) is 6.54 Å². The van der Waals surface area contributed by atoms with Crippen molar-refractivity contribution in [3.63, 3.8) is 0 Å². The number of benzene rings is 3. The van der Waals surface area contributed by atoms with Crippen molar-refractivity contribution in [1.82, 2.24) is 23.9 Å². The van der Waals surface area contributed by atoms with E-state index in [0.717, 1.165) is 67.8 Å². The first-order chi connectivity index (χ1) is 16.8. The summed E-state index contributed by atoms with van der Waals surface area (Å²) in [6, 6.07) is 31.2. The van der Waals surface area contributed by atoms with E-state index >= 15 is 0 Å². The molecule has 0 radical (unpaired) electrons. The van der Waals surface area contributed by atoms with Gasteiger partial charge in [-0.15, -0.1) is 0 Å². The fourth-order valence-electron chi connectivity index (χ4n) is 4.95. The van der Waals surface area contributed by atoms with Crippen molar-refractivity contribution in [2.24, 2.45) is 0 Å². The fourth-order valence-corrected chi connectivity index (χ4v) is 4.95. The first kappa shape index (κ1) is 19.0. The molecule has 3 aromatic carbocycles. The highest BCUT2D eigenvalue weighted by Gasteiger charge is 2.17. The van der Waals surface area contributed by atoms with E-state index in [2.05, 4.69) is 76.7 Å². The van der Waals surface area contributed by atoms with Gasteiger partial charge in [-0.3, -0.25) is 4.40 Å². The molecule has 0 saturated heterocycles. The van der Waals surface area contributed by atoms with Crippen LogP contribution in [0.1, 0.15) is 6.92 Å². The van der Waals surface area contributed by atoms with E-state index < -0.39 is 0 Å². The van der Waals surface area contributed by atoms with E-state index in [-0.39, 0.29) is 0 Å². The Kier molecular flexibility index (Phi) is 4.05. The van der Waals surface area contributed by atoms with Crippen LogP contribution in [0.4, 0.5) is 0 Å². The Morgan fingerprint density at radius 1 is 0.676 bits per heavy atom. The molecule has 0 spiro atoms. The van der Waals surface area contributed by atoms with Gasteiger partial charge in [0.05, 0.1) is 27.8 Å². The monoisotopic (exact) mass is 439 g/mol. The number of imidazole rings is 2. The summed E-state index contributed by atoms with van der Waals surface area (Å²) in [6.45, 7) is 3.03. The molecule has 0 aliphatic carbocycles. The number of nitrogens with zero attached hydrogens (tertiary/aromatic N) is 5. The smallest absolute Gasteiger partial charge is 0.141 e. The van der Waals surface area contributed by atoms with Crippen LogP contribution in [0.3, 0.4) is 0 Å². The zero-order chi connectivity index (χ0) is 22.6. The Hall–Kier alpha value is -4.51. The van der Waals surface area contributed by atoms with Crippen LogP contribution in [0.2, 0.25) is 0 Å². The van der Waals surface area contributed by atoms with Gasteiger partial charge in [-0.2, -0.15) is 0 Å². The summed E-state index contributed by atoms with van der Waals surface area (Å²) in [5, 5.41) is 1.07. The van der Waals surface area contributed by atoms with E-state index in [0.29, 0.717) is 0 Å². The molecule has 0 unspecified atom stereocenters. The molecule has 0 bridgehead atoms. The summed E-state index contributed by atoms with van der Waals surface area (Å²) in [7, 11) is 0. The van der Waals surface area contributed by atoms with E-state index in [1.165, 1.54) is 0 Å². The van der Waals surface area contributed by atoms with E-state index in [4.69, 9.17) is 15.0 Å². The molecule has 0 aliphatic rings. The fraction of sp³-hybridized carbons (Fsp3) is 0.0690. The molecule has 4 aromatic heterocycles. The maximum absolute atomic E-state index is 5.09. The van der Waals surface area contributed by atoms with Crippen molar-refractivity contribution in [3.05, 3.63) is 97.2 Å². The Labute approximate surface area is 196 Å². The van der Waals surface area contributed by atoms with Gasteiger partial charge >= 0.3 is 0 Å². The topological polar surface area (TPSA) is 48.0 Å². The molecule has 5 heteroatoms. The molecule has 0 N–H and O–H groups in total. The van der Waals surface area contributed by atoms with Gasteiger partial charge in [0.1, 0.15) is 17.0 Å². The number of para-hydroxylation sites is 3. The molecule has 0 amide bonds. The largest absolute Gasteiger partial charge is 0.324 e. The lowest BCUT2D eigenvalue weighted by Crippen LogP contribution is -1.97. The molecular weight excluding hydrogens is 418 g/mol. The maximum Gasteiger partial charge on any atom is 0.141 e. The first-order valence-corrected chi connectivity index (χ1v) is 11.5. The molecule has 34 heavy (non-hydrogen) atoms. The van der Waals surface area contributed by atoms with Crippen molar-refractivity contribution in [1.29, 1.82) is 0 Å². The van der Waals surface area contributed by atoms with E-state index in [1.807, 2.05) is 36.4 Å². The molecule has 7 rings (SSSR count). The molecular formula is C29H21N5. The van der Waals surface area contributed by atoms with Gasteiger partial charge in [0.25, 0.3) is 0 Å². The summed E-state index contributed by atoms with van der Waals surface area (Å²) in [4.78, 5) is 14.9. The zero-order valence-electron chi connectivity index (χ0n) is 18.7. The van der Waals surface area contributed by atoms with Crippen LogP contribution >= 0.6 is 0 Å². The third kappa shape index (κ3) is 2.70. The Bertz CT molecular complexity index is 1840. The maximum atomic E-state index is 5.09. The average Bonchev–Trinajstić information content (AvgIpc) is 3.47. The molecule has 0 atom stereocenters. The second-order valence-corrected chi connectivity index (χ2v) is 8.46. The van der Waals surface area contributed by atoms with Crippen LogP contribution in [0.5, 0.6) is 0 Å². The van der Waals surface area contributed by atoms with Crippen molar-refractivity contribution < 1.29 is 0 Å². The lowest BCUT2D eigenvalue weighted by atomic mass is 10.0. The highest BCUT2D eigenvalue weighted by atomic mass is 15.1. The van der Waals surface area contributed by atoms with Gasteiger partial charge in [0.2, 0.25) is 0 Å². The summed E-state index contributed by atoms with van der Waals surface area (Å²) in [5.74, 6) is 0.988. The van der Waals surface area contributed by atoms with Crippen LogP contribution in [0.15, 0.2) is 97.2 Å². The molecule has 162 valence electrons. The predicted octanol–water partition coefficient (Wildman–Crippen LogP) is 6.74. The predicted molar refractivity (Wildman–Crippen MR) is 138 cm³/mol. The van der Waals surface area contributed by atoms with E-state index in [1.54, 1.807) is 0 Å². The highest BCUT2D eigenvalue weighted by molar-refractivity contribution is 6.09. The third-order valence-corrected chi connectivity index (χ3v) is 6.53. The van der Waals surface area contributed by atoms with Gasteiger partial charge in [0.15, 0.2) is 0 Å². The van der Waals surface area contributed by atoms with Gasteiger partial charge in [-0.25, -0.2) is 15.0 Å². The Morgan fingerprint density at radius 2 is 1.41 bits per heavy atom. The van der Waals surface area contributed by atoms with Crippen LogP contribution in [0, 0.1) is 0 Å². The van der Waals surface area contributed by atoms with Crippen molar-refractivity contribution in [3.8, 4) is 22.6 Å². The number of aromatic nitrogens is 5. The van der Waals surface area contributed by atoms with Gasteiger partial charge < -0.3 is 4.57 Å². The SMILES string of the molecule is CCn1c(-c2ccc(-c3nc4ccccc4c4nc5ccccn5c34)cc2)nc2ccccc21. The minimum absolute atomic E-state index is 0.867. The second-order valence-electron chi connectivity index (χ2n) is 8.46. The number of hydrogen-bond donors (Lipinski definition) is 0. The summed E-state index contributed by atoms with van der Waals surface area (Å²) in [5.41, 5.74) is 9.14. The van der Waals surface area contributed by atoms with Crippen molar-refractivity contribution in [2.75, 3.05) is 0 Å². The van der Waals surface area contributed by atoms with Gasteiger partial charge in [-0.05, 0) is 37.3 Å². The molecule has 5 nitrogen and oxygen atoms in total. The number of rotatable bonds is 3. The molecule has 7 aromatic rings. The van der Waals surface area contributed by atoms with Crippen molar-refractivity contribution >= 4 is 38.6 Å². The molecule has 0 fully saturated rings. The minimum atomic E-state index is 0.867. The molecule has 0 aliphatic heterocycles. The number of pyridine rings is 2. The molecule has 0 saturated carbocycles. The minimum Gasteiger partial charge on any atom is -0.324 e. The summed E-state index contributed by atoms with van der Waals surface area (Å²) >= 11 is 0. The standard InChI is InChI=1S/C29H21N5/c1-2-33-24-12-6-5-11-23(24)31-29(33)20-16-14-19(15-17-20)26-28-27(21-9-3-4-10-22(21)30-26)32-25-13-7-8-18-34(25)28/h3-18H,2H2,1H3. The Balaban J connectivity index is 1.45. The third-order valence-electron chi connectivity index (χ3n) is 6.53. The second kappa shape index (κ2) is 7.25. The van der Waals surface area contributed by atoms with Crippen LogP contribution in [-0.4, -0.2) is 23.9 Å². The van der Waals surface area contributed by atoms with E-state index in [9.17, 15) is 0 Å². The lowest BCUT2D eigenvalue weighted by Gasteiger charge is -2.09. The summed E-state index contributed by atoms with van der Waals surface area (Å²) in [6.07, 6.45) is 2.06. The van der Waals surface area contributed by atoms with Gasteiger partial charge in [-0.1, -0.05) is 60.7 Å². The van der Waals surface area contributed by atoms with Crippen LogP contribution in [0.25, 0.3) is 61.3 Å². The normalized spacial score (nSPS) is 11.8. The molecule has 4 heterocycles. The average molecular weight is 440 g/mol. The van der Waals surface area contributed by atoms with Gasteiger partial charge in [0, 0.05) is 29.3 Å². The quantitative estimate of drug-likeness (QED) is 0.306. The number of aryl methyl sites for hydroxylation is 1. The zero-order valence-corrected chi connectivity index (χ0v) is 18.7. The number of hydrogen-bond acceptors (Lipinski definition) is 3.